The zero-order valence-corrected chi connectivity index (χ0v) is 22.4. The van der Waals surface area contributed by atoms with E-state index in [0.29, 0.717) is 44.5 Å². The Morgan fingerprint density at radius 3 is 2.57 bits per heavy atom. The molecule has 0 aromatic carbocycles. The van der Waals surface area contributed by atoms with E-state index < -0.39 is 15.9 Å². The van der Waals surface area contributed by atoms with Gasteiger partial charge in [0.15, 0.2) is 9.84 Å². The topological polar surface area (TPSA) is 92.1 Å². The Hall–Kier alpha value is -2.24. The molecule has 0 aliphatic carbocycles. The number of amides is 1. The quantitative estimate of drug-likeness (QED) is 0.440. The van der Waals surface area contributed by atoms with Gasteiger partial charge in [-0.1, -0.05) is 43.9 Å². The highest BCUT2D eigenvalue weighted by molar-refractivity contribution is 8.26. The SMILES string of the molecule is Cc1cccn2c(=O)c(/C=C3/SC(=S)N(C4CCS(=O)(=O)C4)C3=O)c(N3CC(C)CC(C)C3)nc12. The standard InChI is InChI=1S/C24H28N4O4S3/c1-14-9-15(2)12-26(11-14)21-18(22(29)27-7-4-5-16(3)20(27)25-21)10-19-23(30)28(24(33)34-19)17-6-8-35(31,32)13-17/h4-5,7,10,14-15,17H,6,8-9,11-13H2,1-3H3/b19-10+. The van der Waals surface area contributed by atoms with Gasteiger partial charge < -0.3 is 4.90 Å². The number of thioether (sulfide) groups is 1. The Balaban J connectivity index is 1.62. The second kappa shape index (κ2) is 9.01. The molecular formula is C24H28N4O4S3. The minimum absolute atomic E-state index is 0.0541. The molecule has 186 valence electrons. The van der Waals surface area contributed by atoms with Crippen molar-refractivity contribution in [2.45, 2.75) is 39.7 Å². The third-order valence-corrected chi connectivity index (χ3v) is 9.99. The number of carbonyl (C=O) groups excluding carboxylic acids is 1. The molecule has 0 radical (unpaired) electrons. The fourth-order valence-corrected chi connectivity index (χ4v) is 8.49. The number of piperidine rings is 1. The lowest BCUT2D eigenvalue weighted by Gasteiger charge is -2.36. The van der Waals surface area contributed by atoms with E-state index in [1.54, 1.807) is 18.3 Å². The number of thiocarbonyl (C=S) groups is 1. The number of hydrogen-bond acceptors (Lipinski definition) is 8. The monoisotopic (exact) mass is 532 g/mol. The van der Waals surface area contributed by atoms with Crippen LogP contribution in [0.15, 0.2) is 28.0 Å². The summed E-state index contributed by atoms with van der Waals surface area (Å²) in [6, 6.07) is 3.27. The lowest BCUT2D eigenvalue weighted by molar-refractivity contribution is -0.123. The number of fused-ring (bicyclic) bond motifs is 1. The van der Waals surface area contributed by atoms with Crippen molar-refractivity contribution in [3.63, 3.8) is 0 Å². The third-order valence-electron chi connectivity index (χ3n) is 6.91. The minimum atomic E-state index is -3.18. The number of carbonyl (C=O) groups is 1. The first-order valence-corrected chi connectivity index (χ1v) is 14.8. The van der Waals surface area contributed by atoms with Gasteiger partial charge in [-0.2, -0.15) is 0 Å². The number of pyridine rings is 1. The van der Waals surface area contributed by atoms with Gasteiger partial charge in [0.05, 0.1) is 28.0 Å². The van der Waals surface area contributed by atoms with Crippen molar-refractivity contribution in [3.8, 4) is 0 Å². The Kier molecular flexibility index (Phi) is 6.29. The summed E-state index contributed by atoms with van der Waals surface area (Å²) in [6.07, 6.45) is 4.78. The zero-order chi connectivity index (χ0) is 25.1. The number of sulfone groups is 1. The summed E-state index contributed by atoms with van der Waals surface area (Å²) in [5, 5.41) is 0. The van der Waals surface area contributed by atoms with E-state index in [1.165, 1.54) is 9.30 Å². The summed E-state index contributed by atoms with van der Waals surface area (Å²) >= 11 is 6.58. The second-order valence-electron chi connectivity index (χ2n) is 10.00. The van der Waals surface area contributed by atoms with Crippen molar-refractivity contribution in [2.75, 3.05) is 29.5 Å². The summed E-state index contributed by atoms with van der Waals surface area (Å²) in [7, 11) is -3.18. The Morgan fingerprint density at radius 2 is 1.91 bits per heavy atom. The van der Waals surface area contributed by atoms with E-state index >= 15 is 0 Å². The van der Waals surface area contributed by atoms with E-state index in [4.69, 9.17) is 17.2 Å². The van der Waals surface area contributed by atoms with Crippen molar-refractivity contribution >= 4 is 61.6 Å². The van der Waals surface area contributed by atoms with Crippen LogP contribution in [0.5, 0.6) is 0 Å². The van der Waals surface area contributed by atoms with Crippen LogP contribution >= 0.6 is 24.0 Å². The van der Waals surface area contributed by atoms with Gasteiger partial charge in [0.25, 0.3) is 11.5 Å². The minimum Gasteiger partial charge on any atom is -0.355 e. The molecule has 3 fully saturated rings. The molecule has 3 unspecified atom stereocenters. The molecule has 5 rings (SSSR count). The molecule has 3 aliphatic rings. The van der Waals surface area contributed by atoms with Crippen LogP contribution in [0, 0.1) is 18.8 Å². The van der Waals surface area contributed by atoms with Crippen LogP contribution in [0.1, 0.15) is 37.8 Å². The summed E-state index contributed by atoms with van der Waals surface area (Å²) in [5.74, 6) is 1.11. The highest BCUT2D eigenvalue weighted by Crippen LogP contribution is 2.37. The first kappa shape index (κ1) is 24.5. The van der Waals surface area contributed by atoms with Crippen LogP contribution in [0.3, 0.4) is 0 Å². The van der Waals surface area contributed by atoms with Crippen LogP contribution in [0.4, 0.5) is 5.82 Å². The van der Waals surface area contributed by atoms with Crippen LogP contribution in [-0.2, 0) is 14.6 Å². The van der Waals surface area contributed by atoms with Gasteiger partial charge in [-0.05, 0) is 49.3 Å². The molecule has 0 spiro atoms. The van der Waals surface area contributed by atoms with Crippen molar-refractivity contribution in [3.05, 3.63) is 44.7 Å². The van der Waals surface area contributed by atoms with Crippen LogP contribution in [0.2, 0.25) is 0 Å². The molecule has 3 saturated heterocycles. The largest absolute Gasteiger partial charge is 0.355 e. The normalized spacial score (nSPS) is 28.0. The van der Waals surface area contributed by atoms with Crippen LogP contribution in [-0.4, -0.2) is 63.6 Å². The van der Waals surface area contributed by atoms with Gasteiger partial charge in [0.1, 0.15) is 15.8 Å². The first-order valence-electron chi connectivity index (χ1n) is 11.8. The molecule has 2 aromatic heterocycles. The van der Waals surface area contributed by atoms with Crippen molar-refractivity contribution in [2.24, 2.45) is 11.8 Å². The molecule has 1 amide bonds. The van der Waals surface area contributed by atoms with Crippen LogP contribution in [0.25, 0.3) is 11.7 Å². The number of nitrogens with zero attached hydrogens (tertiary/aromatic N) is 4. The predicted molar refractivity (Wildman–Crippen MR) is 143 cm³/mol. The maximum atomic E-state index is 13.7. The fourth-order valence-electron chi connectivity index (χ4n) is 5.41. The van der Waals surface area contributed by atoms with Crippen molar-refractivity contribution < 1.29 is 13.2 Å². The Bertz CT molecular complexity index is 1420. The van der Waals surface area contributed by atoms with Gasteiger partial charge in [0.2, 0.25) is 0 Å². The van der Waals surface area contributed by atoms with E-state index in [-0.39, 0.29) is 23.0 Å². The van der Waals surface area contributed by atoms with E-state index in [2.05, 4.69) is 18.7 Å². The van der Waals surface area contributed by atoms with E-state index in [0.717, 1.165) is 36.8 Å². The van der Waals surface area contributed by atoms with E-state index in [1.807, 2.05) is 13.0 Å². The summed E-state index contributed by atoms with van der Waals surface area (Å²) in [5.41, 5.74) is 1.60. The fraction of sp³-hybridized carbons (Fsp3) is 0.500. The van der Waals surface area contributed by atoms with Gasteiger partial charge in [-0.15, -0.1) is 0 Å². The highest BCUT2D eigenvalue weighted by atomic mass is 32.2. The Labute approximate surface area is 214 Å². The number of hydrogen-bond donors (Lipinski definition) is 0. The maximum Gasteiger partial charge on any atom is 0.267 e. The average Bonchev–Trinajstić information content (AvgIpc) is 3.26. The lowest BCUT2D eigenvalue weighted by atomic mass is 9.91. The smallest absolute Gasteiger partial charge is 0.267 e. The van der Waals surface area contributed by atoms with Crippen molar-refractivity contribution in [1.29, 1.82) is 0 Å². The summed E-state index contributed by atoms with van der Waals surface area (Å²) < 4.78 is 25.8. The van der Waals surface area contributed by atoms with Crippen molar-refractivity contribution in [1.82, 2.24) is 14.3 Å². The predicted octanol–water partition coefficient (Wildman–Crippen LogP) is 2.87. The van der Waals surface area contributed by atoms with E-state index in [9.17, 15) is 18.0 Å². The second-order valence-corrected chi connectivity index (χ2v) is 13.9. The molecule has 8 nitrogen and oxygen atoms in total. The number of rotatable bonds is 3. The summed E-state index contributed by atoms with van der Waals surface area (Å²) in [4.78, 5) is 35.9. The van der Waals surface area contributed by atoms with Gasteiger partial charge in [-0.3, -0.25) is 18.9 Å². The molecule has 5 heterocycles. The summed E-state index contributed by atoms with van der Waals surface area (Å²) in [6.45, 7) is 7.87. The molecule has 0 bridgehead atoms. The molecule has 0 N–H and O–H groups in total. The molecule has 3 aliphatic heterocycles. The Morgan fingerprint density at radius 1 is 1.20 bits per heavy atom. The number of aromatic nitrogens is 2. The maximum absolute atomic E-state index is 13.7. The molecular weight excluding hydrogens is 504 g/mol. The van der Waals surface area contributed by atoms with Crippen LogP contribution < -0.4 is 10.5 Å². The molecule has 35 heavy (non-hydrogen) atoms. The first-order chi connectivity index (χ1) is 16.5. The lowest BCUT2D eigenvalue weighted by Crippen LogP contribution is -2.41. The molecule has 0 saturated carbocycles. The number of aryl methyl sites for hydroxylation is 1. The molecule has 3 atom stereocenters. The zero-order valence-electron chi connectivity index (χ0n) is 19.9. The van der Waals surface area contributed by atoms with Gasteiger partial charge in [0, 0.05) is 19.3 Å². The third kappa shape index (κ3) is 4.53. The van der Waals surface area contributed by atoms with Gasteiger partial charge >= 0.3 is 0 Å². The van der Waals surface area contributed by atoms with Gasteiger partial charge in [-0.25, -0.2) is 13.4 Å². The average molecular weight is 533 g/mol. The molecule has 11 heteroatoms. The number of anilines is 1. The highest BCUT2D eigenvalue weighted by Gasteiger charge is 2.42. The molecule has 2 aromatic rings.